The first-order valence-electron chi connectivity index (χ1n) is 6.17. The van der Waals surface area contributed by atoms with Gasteiger partial charge in [0.1, 0.15) is 11.6 Å². The van der Waals surface area contributed by atoms with Crippen molar-refractivity contribution in [1.82, 2.24) is 9.55 Å². The van der Waals surface area contributed by atoms with E-state index in [0.717, 1.165) is 0 Å². The molecule has 0 spiro atoms. The molecule has 0 aliphatic carbocycles. The van der Waals surface area contributed by atoms with Gasteiger partial charge in [-0.05, 0) is 25.1 Å². The average Bonchev–Trinajstić information content (AvgIpc) is 2.76. The van der Waals surface area contributed by atoms with Gasteiger partial charge in [0.15, 0.2) is 0 Å². The zero-order valence-electron chi connectivity index (χ0n) is 11.2. The fourth-order valence-corrected chi connectivity index (χ4v) is 2.10. The summed E-state index contributed by atoms with van der Waals surface area (Å²) in [5, 5.41) is 15.1. The number of nitrogens with one attached hydrogen (secondary N) is 2. The minimum Gasteiger partial charge on any atom is -0.395 e. The van der Waals surface area contributed by atoms with E-state index < -0.39 is 6.03 Å². The molecule has 1 aromatic heterocycles. The van der Waals surface area contributed by atoms with Crippen LogP contribution in [0.1, 0.15) is 5.82 Å². The normalized spacial score (nSPS) is 10.5. The molecule has 1 aromatic carbocycles. The molecule has 112 valence electrons. The van der Waals surface area contributed by atoms with E-state index >= 15 is 0 Å². The van der Waals surface area contributed by atoms with Crippen molar-refractivity contribution in [1.29, 1.82) is 0 Å². The Morgan fingerprint density at radius 2 is 2.10 bits per heavy atom. The van der Waals surface area contributed by atoms with Gasteiger partial charge < -0.3 is 15.0 Å². The Morgan fingerprint density at radius 1 is 1.33 bits per heavy atom. The second-order valence-corrected chi connectivity index (χ2v) is 5.09. The summed E-state index contributed by atoms with van der Waals surface area (Å²) in [5.41, 5.74) is 0.520. The van der Waals surface area contributed by atoms with Crippen LogP contribution < -0.4 is 10.6 Å². The molecule has 0 fully saturated rings. The van der Waals surface area contributed by atoms with E-state index in [4.69, 9.17) is 28.3 Å². The van der Waals surface area contributed by atoms with E-state index in [2.05, 4.69) is 15.6 Å². The van der Waals surface area contributed by atoms with Crippen LogP contribution in [0.4, 0.5) is 16.3 Å². The maximum Gasteiger partial charge on any atom is 0.324 e. The molecule has 2 rings (SSSR count). The van der Waals surface area contributed by atoms with Crippen molar-refractivity contribution in [2.45, 2.75) is 13.5 Å². The van der Waals surface area contributed by atoms with E-state index in [0.29, 0.717) is 33.9 Å². The number of aromatic nitrogens is 2. The Hall–Kier alpha value is -1.76. The standard InChI is InChI=1S/C13H14Cl2N4O2/c1-8-16-7-12(19(8)4-5-20)18-13(21)17-9-2-3-10(14)11(15)6-9/h2-3,6-7,20H,4-5H2,1H3,(H2,17,18,21). The maximum atomic E-state index is 11.9. The lowest BCUT2D eigenvalue weighted by Gasteiger charge is -2.11. The van der Waals surface area contributed by atoms with Crippen LogP contribution in [0, 0.1) is 6.92 Å². The third-order valence-electron chi connectivity index (χ3n) is 2.80. The average molecular weight is 329 g/mol. The first-order chi connectivity index (χ1) is 10.0. The number of aliphatic hydroxyl groups is 1. The zero-order chi connectivity index (χ0) is 15.4. The summed E-state index contributed by atoms with van der Waals surface area (Å²) in [7, 11) is 0. The highest BCUT2D eigenvalue weighted by Gasteiger charge is 2.10. The quantitative estimate of drug-likeness (QED) is 0.806. The fourth-order valence-electron chi connectivity index (χ4n) is 1.80. The molecule has 0 saturated heterocycles. The zero-order valence-corrected chi connectivity index (χ0v) is 12.7. The first kappa shape index (κ1) is 15.6. The predicted molar refractivity (Wildman–Crippen MR) is 83.2 cm³/mol. The number of rotatable bonds is 4. The van der Waals surface area contributed by atoms with E-state index in [1.807, 2.05) is 0 Å². The summed E-state index contributed by atoms with van der Waals surface area (Å²) >= 11 is 11.7. The molecule has 2 amide bonds. The molecule has 0 radical (unpaired) electrons. The SMILES string of the molecule is Cc1ncc(NC(=O)Nc2ccc(Cl)c(Cl)c2)n1CCO. The lowest BCUT2D eigenvalue weighted by molar-refractivity contribution is 0.261. The van der Waals surface area contributed by atoms with E-state index in [9.17, 15) is 4.79 Å². The largest absolute Gasteiger partial charge is 0.395 e. The number of anilines is 2. The van der Waals surface area contributed by atoms with Gasteiger partial charge in [0, 0.05) is 12.2 Å². The number of urea groups is 1. The van der Waals surface area contributed by atoms with Crippen LogP contribution in [0.25, 0.3) is 0 Å². The highest BCUT2D eigenvalue weighted by atomic mass is 35.5. The second-order valence-electron chi connectivity index (χ2n) is 4.27. The molecule has 0 atom stereocenters. The van der Waals surface area contributed by atoms with Crippen LogP contribution in [-0.2, 0) is 6.54 Å². The number of imidazole rings is 1. The Kier molecular flexibility index (Phi) is 5.06. The Balaban J connectivity index is 2.06. The summed E-state index contributed by atoms with van der Waals surface area (Å²) in [6.45, 7) is 2.10. The third kappa shape index (κ3) is 3.87. The number of benzene rings is 1. The molecule has 3 N–H and O–H groups in total. The van der Waals surface area contributed by atoms with Crippen LogP contribution in [-0.4, -0.2) is 27.3 Å². The highest BCUT2D eigenvalue weighted by molar-refractivity contribution is 6.42. The van der Waals surface area contributed by atoms with Crippen molar-refractivity contribution in [3.8, 4) is 0 Å². The minimum absolute atomic E-state index is 0.0414. The van der Waals surface area contributed by atoms with Crippen LogP contribution in [0.3, 0.4) is 0 Å². The topological polar surface area (TPSA) is 79.2 Å². The molecule has 0 aliphatic rings. The molecule has 0 unspecified atom stereocenters. The van der Waals surface area contributed by atoms with Crippen molar-refractivity contribution in [2.75, 3.05) is 17.2 Å². The third-order valence-corrected chi connectivity index (χ3v) is 3.54. The van der Waals surface area contributed by atoms with Crippen LogP contribution in [0.5, 0.6) is 0 Å². The number of hydrogen-bond donors (Lipinski definition) is 3. The maximum absolute atomic E-state index is 11.9. The van der Waals surface area contributed by atoms with Crippen LogP contribution >= 0.6 is 23.2 Å². The number of aliphatic hydroxyl groups excluding tert-OH is 1. The minimum atomic E-state index is -0.438. The van der Waals surface area contributed by atoms with Crippen molar-refractivity contribution in [2.24, 2.45) is 0 Å². The molecule has 1 heterocycles. The van der Waals surface area contributed by atoms with Crippen LogP contribution in [0.2, 0.25) is 10.0 Å². The van der Waals surface area contributed by atoms with Crippen molar-refractivity contribution in [3.05, 3.63) is 40.3 Å². The molecule has 8 heteroatoms. The number of carbonyl (C=O) groups is 1. The smallest absolute Gasteiger partial charge is 0.324 e. The van der Waals surface area contributed by atoms with Gasteiger partial charge in [-0.1, -0.05) is 23.2 Å². The van der Waals surface area contributed by atoms with E-state index in [1.165, 1.54) is 6.20 Å². The van der Waals surface area contributed by atoms with Gasteiger partial charge in [0.2, 0.25) is 0 Å². The van der Waals surface area contributed by atoms with Gasteiger partial charge in [0.05, 0.1) is 22.8 Å². The summed E-state index contributed by atoms with van der Waals surface area (Å²) in [5.74, 6) is 1.20. The van der Waals surface area contributed by atoms with Gasteiger partial charge in [-0.25, -0.2) is 9.78 Å². The molecular weight excluding hydrogens is 315 g/mol. The molecule has 0 bridgehead atoms. The van der Waals surface area contributed by atoms with Crippen molar-refractivity contribution < 1.29 is 9.90 Å². The van der Waals surface area contributed by atoms with Gasteiger partial charge in [-0.15, -0.1) is 0 Å². The Morgan fingerprint density at radius 3 is 2.76 bits per heavy atom. The lowest BCUT2D eigenvalue weighted by Crippen LogP contribution is -2.22. The Bertz CT molecular complexity index is 658. The number of hydrogen-bond acceptors (Lipinski definition) is 3. The Labute approximate surface area is 131 Å². The summed E-state index contributed by atoms with van der Waals surface area (Å²) in [4.78, 5) is 16.0. The number of aryl methyl sites for hydroxylation is 1. The monoisotopic (exact) mass is 328 g/mol. The molecule has 21 heavy (non-hydrogen) atoms. The van der Waals surface area contributed by atoms with Crippen LogP contribution in [0.15, 0.2) is 24.4 Å². The summed E-state index contributed by atoms with van der Waals surface area (Å²) in [6, 6.07) is 4.36. The van der Waals surface area contributed by atoms with Crippen molar-refractivity contribution >= 4 is 40.7 Å². The first-order valence-corrected chi connectivity index (χ1v) is 6.93. The van der Waals surface area contributed by atoms with Gasteiger partial charge in [0.25, 0.3) is 0 Å². The molecule has 2 aromatic rings. The highest BCUT2D eigenvalue weighted by Crippen LogP contribution is 2.25. The predicted octanol–water partition coefficient (Wildman–Crippen LogP) is 3.13. The number of halogens is 2. The van der Waals surface area contributed by atoms with Gasteiger partial charge >= 0.3 is 6.03 Å². The number of amides is 2. The number of carbonyl (C=O) groups excluding carboxylic acids is 1. The molecule has 6 nitrogen and oxygen atoms in total. The molecule has 0 saturated carbocycles. The van der Waals surface area contributed by atoms with E-state index in [1.54, 1.807) is 29.7 Å². The summed E-state index contributed by atoms with van der Waals surface area (Å²) < 4.78 is 1.70. The number of nitrogens with zero attached hydrogens (tertiary/aromatic N) is 2. The van der Waals surface area contributed by atoms with Gasteiger partial charge in [-0.2, -0.15) is 0 Å². The summed E-state index contributed by atoms with van der Waals surface area (Å²) in [6.07, 6.45) is 1.53. The van der Waals surface area contributed by atoms with Crippen molar-refractivity contribution in [3.63, 3.8) is 0 Å². The second kappa shape index (κ2) is 6.80. The molecular formula is C13H14Cl2N4O2. The van der Waals surface area contributed by atoms with Gasteiger partial charge in [-0.3, -0.25) is 5.32 Å². The fraction of sp³-hybridized carbons (Fsp3) is 0.231. The van der Waals surface area contributed by atoms with E-state index in [-0.39, 0.29) is 6.61 Å². The lowest BCUT2D eigenvalue weighted by atomic mass is 10.3. The molecule has 0 aliphatic heterocycles.